The number of aromatic nitrogens is 1. The summed E-state index contributed by atoms with van der Waals surface area (Å²) >= 11 is 0. The molecule has 0 bridgehead atoms. The first-order chi connectivity index (χ1) is 14.1. The highest BCUT2D eigenvalue weighted by Crippen LogP contribution is 2.29. The van der Waals surface area contributed by atoms with E-state index >= 15 is 0 Å². The van der Waals surface area contributed by atoms with Crippen molar-refractivity contribution in [3.63, 3.8) is 0 Å². The third-order valence-electron chi connectivity index (χ3n) is 4.73. The quantitative estimate of drug-likeness (QED) is 0.649. The molecule has 1 aliphatic rings. The molecule has 0 unspecified atom stereocenters. The minimum Gasteiger partial charge on any atom is -0.459 e. The molecule has 0 saturated heterocycles. The molecule has 29 heavy (non-hydrogen) atoms. The van der Waals surface area contributed by atoms with E-state index in [1.165, 1.54) is 6.26 Å². The summed E-state index contributed by atoms with van der Waals surface area (Å²) in [4.78, 5) is 28.9. The SMILES string of the molecule is Cc1c(C(=O)NCc2ccccn2)oc2c1/C(=N/NC(=O)c1ccco1)CCC2. The van der Waals surface area contributed by atoms with E-state index in [1.807, 2.05) is 25.1 Å². The molecule has 3 heterocycles. The van der Waals surface area contributed by atoms with Crippen LogP contribution in [0.2, 0.25) is 0 Å². The molecule has 4 rings (SSSR count). The van der Waals surface area contributed by atoms with Crippen LogP contribution < -0.4 is 10.7 Å². The fourth-order valence-corrected chi connectivity index (χ4v) is 3.33. The van der Waals surface area contributed by atoms with Crippen LogP contribution in [0.1, 0.15) is 56.5 Å². The molecule has 2 N–H and O–H groups in total. The highest BCUT2D eigenvalue weighted by Gasteiger charge is 2.28. The minimum atomic E-state index is -0.427. The third-order valence-corrected chi connectivity index (χ3v) is 4.73. The van der Waals surface area contributed by atoms with Crippen molar-refractivity contribution in [3.05, 3.63) is 76.9 Å². The van der Waals surface area contributed by atoms with Gasteiger partial charge < -0.3 is 14.2 Å². The number of aryl methyl sites for hydroxylation is 1. The maximum atomic E-state index is 12.6. The number of fused-ring (bicyclic) bond motifs is 1. The van der Waals surface area contributed by atoms with Crippen LogP contribution in [0.25, 0.3) is 0 Å². The van der Waals surface area contributed by atoms with Gasteiger partial charge in [-0.25, -0.2) is 5.43 Å². The number of nitrogens with one attached hydrogen (secondary N) is 2. The van der Waals surface area contributed by atoms with E-state index < -0.39 is 5.91 Å². The molecule has 3 aromatic rings. The predicted molar refractivity (Wildman–Crippen MR) is 105 cm³/mol. The Morgan fingerprint density at radius 2 is 2.07 bits per heavy atom. The molecular weight excluding hydrogens is 372 g/mol. The molecule has 148 valence electrons. The normalized spacial score (nSPS) is 14.4. The van der Waals surface area contributed by atoms with Crippen LogP contribution in [0.3, 0.4) is 0 Å². The summed E-state index contributed by atoms with van der Waals surface area (Å²) in [6, 6.07) is 8.73. The number of hydrazone groups is 1. The van der Waals surface area contributed by atoms with Gasteiger partial charge in [-0.05, 0) is 44.0 Å². The first kappa shape index (κ1) is 18.7. The lowest BCUT2D eigenvalue weighted by Gasteiger charge is -2.13. The predicted octanol–water partition coefficient (Wildman–Crippen LogP) is 2.98. The summed E-state index contributed by atoms with van der Waals surface area (Å²) in [5.41, 5.74) is 5.47. The van der Waals surface area contributed by atoms with Gasteiger partial charge in [-0.3, -0.25) is 14.6 Å². The molecule has 2 amide bonds. The molecule has 8 heteroatoms. The van der Waals surface area contributed by atoms with Crippen molar-refractivity contribution >= 4 is 17.5 Å². The first-order valence-electron chi connectivity index (χ1n) is 9.34. The molecule has 0 aliphatic heterocycles. The van der Waals surface area contributed by atoms with Crippen molar-refractivity contribution in [2.75, 3.05) is 0 Å². The number of nitrogens with zero attached hydrogens (tertiary/aromatic N) is 2. The molecule has 3 aromatic heterocycles. The van der Waals surface area contributed by atoms with Crippen LogP contribution in [0.5, 0.6) is 0 Å². The lowest BCUT2D eigenvalue weighted by Crippen LogP contribution is -2.24. The number of furan rings is 2. The average Bonchev–Trinajstić information content (AvgIpc) is 3.40. The van der Waals surface area contributed by atoms with Crippen LogP contribution in [-0.2, 0) is 13.0 Å². The maximum Gasteiger partial charge on any atom is 0.307 e. The number of carbonyl (C=O) groups is 2. The van der Waals surface area contributed by atoms with Gasteiger partial charge in [0.25, 0.3) is 5.91 Å². The van der Waals surface area contributed by atoms with Crippen molar-refractivity contribution in [3.8, 4) is 0 Å². The summed E-state index contributed by atoms with van der Waals surface area (Å²) < 4.78 is 10.9. The van der Waals surface area contributed by atoms with Crippen LogP contribution in [0, 0.1) is 6.92 Å². The maximum absolute atomic E-state index is 12.6. The number of rotatable bonds is 5. The topological polar surface area (TPSA) is 110 Å². The molecule has 0 radical (unpaired) electrons. The van der Waals surface area contributed by atoms with E-state index in [1.54, 1.807) is 18.3 Å². The van der Waals surface area contributed by atoms with Gasteiger partial charge in [-0.15, -0.1) is 0 Å². The van der Waals surface area contributed by atoms with Crippen molar-refractivity contribution < 1.29 is 18.4 Å². The van der Waals surface area contributed by atoms with Crippen LogP contribution in [0.15, 0.2) is 56.7 Å². The van der Waals surface area contributed by atoms with E-state index in [4.69, 9.17) is 8.83 Å². The molecular formula is C21H20N4O4. The largest absolute Gasteiger partial charge is 0.459 e. The molecule has 1 aliphatic carbocycles. The summed E-state index contributed by atoms with van der Waals surface area (Å²) in [7, 11) is 0. The van der Waals surface area contributed by atoms with Crippen molar-refractivity contribution in [2.45, 2.75) is 32.7 Å². The van der Waals surface area contributed by atoms with Crippen LogP contribution >= 0.6 is 0 Å². The Labute approximate surface area is 167 Å². The summed E-state index contributed by atoms with van der Waals surface area (Å²) in [5.74, 6) is 0.426. The molecule has 0 aromatic carbocycles. The third kappa shape index (κ3) is 3.96. The van der Waals surface area contributed by atoms with Gasteiger partial charge in [0.2, 0.25) is 0 Å². The van der Waals surface area contributed by atoms with Crippen molar-refractivity contribution in [2.24, 2.45) is 5.10 Å². The molecule has 0 saturated carbocycles. The highest BCUT2D eigenvalue weighted by molar-refractivity contribution is 6.07. The van der Waals surface area contributed by atoms with Crippen molar-refractivity contribution in [1.29, 1.82) is 0 Å². The number of carbonyl (C=O) groups excluding carboxylic acids is 2. The monoisotopic (exact) mass is 392 g/mol. The average molecular weight is 392 g/mol. The van der Waals surface area contributed by atoms with Crippen LogP contribution in [0.4, 0.5) is 0 Å². The number of amides is 2. The van der Waals surface area contributed by atoms with E-state index in [0.29, 0.717) is 30.0 Å². The molecule has 0 spiro atoms. The Bertz CT molecular complexity index is 1050. The zero-order valence-electron chi connectivity index (χ0n) is 15.9. The Hall–Kier alpha value is -3.68. The lowest BCUT2D eigenvalue weighted by molar-refractivity contribution is 0.0915. The zero-order valence-corrected chi connectivity index (χ0v) is 15.9. The lowest BCUT2D eigenvalue weighted by atomic mass is 9.93. The second-order valence-corrected chi connectivity index (χ2v) is 6.69. The first-order valence-corrected chi connectivity index (χ1v) is 9.34. The van der Waals surface area contributed by atoms with Gasteiger partial charge >= 0.3 is 5.91 Å². The van der Waals surface area contributed by atoms with Crippen LogP contribution in [-0.4, -0.2) is 22.5 Å². The van der Waals surface area contributed by atoms with Gasteiger partial charge in [0.1, 0.15) is 5.76 Å². The fourth-order valence-electron chi connectivity index (χ4n) is 3.33. The smallest absolute Gasteiger partial charge is 0.307 e. The fraction of sp³-hybridized carbons (Fsp3) is 0.238. The number of pyridine rings is 1. The number of hydrogen-bond donors (Lipinski definition) is 2. The standard InChI is InChI=1S/C21H20N4O4/c1-13-18-15(24-25-20(26)17-9-5-11-28-17)7-4-8-16(18)29-19(13)21(27)23-12-14-6-2-3-10-22-14/h2-3,5-6,9-11H,4,7-8,12H2,1H3,(H,23,27)(H,25,26)/b24-15+. The second-order valence-electron chi connectivity index (χ2n) is 6.69. The van der Waals surface area contributed by atoms with Gasteiger partial charge in [0.15, 0.2) is 11.5 Å². The minimum absolute atomic E-state index is 0.184. The Kier molecular flexibility index (Phi) is 5.24. The second kappa shape index (κ2) is 8.14. The van der Waals surface area contributed by atoms with Gasteiger partial charge in [0, 0.05) is 23.7 Å². The Balaban J connectivity index is 1.52. The van der Waals surface area contributed by atoms with E-state index in [2.05, 4.69) is 20.8 Å². The van der Waals surface area contributed by atoms with Gasteiger partial charge in [-0.1, -0.05) is 6.07 Å². The van der Waals surface area contributed by atoms with E-state index in [9.17, 15) is 9.59 Å². The molecule has 8 nitrogen and oxygen atoms in total. The molecule has 0 fully saturated rings. The Morgan fingerprint density at radius 3 is 2.83 bits per heavy atom. The molecule has 0 atom stereocenters. The summed E-state index contributed by atoms with van der Waals surface area (Å²) in [5, 5.41) is 7.09. The van der Waals surface area contributed by atoms with Crippen molar-refractivity contribution in [1.82, 2.24) is 15.7 Å². The zero-order chi connectivity index (χ0) is 20.2. The number of hydrogen-bond acceptors (Lipinski definition) is 6. The van der Waals surface area contributed by atoms with Gasteiger partial charge in [-0.2, -0.15) is 5.10 Å². The van der Waals surface area contributed by atoms with Gasteiger partial charge in [0.05, 0.1) is 24.2 Å². The highest BCUT2D eigenvalue weighted by atomic mass is 16.4. The van der Waals surface area contributed by atoms with E-state index in [0.717, 1.165) is 24.1 Å². The Morgan fingerprint density at radius 1 is 1.17 bits per heavy atom. The van der Waals surface area contributed by atoms with E-state index in [-0.39, 0.29) is 17.4 Å². The summed E-state index contributed by atoms with van der Waals surface area (Å²) in [6.07, 6.45) is 5.33. The summed E-state index contributed by atoms with van der Waals surface area (Å²) in [6.45, 7) is 2.14.